The lowest BCUT2D eigenvalue weighted by Crippen LogP contribution is -2.39. The molecule has 1 aromatic carbocycles. The van der Waals surface area contributed by atoms with Gasteiger partial charge in [-0.3, -0.25) is 9.78 Å². The van der Waals surface area contributed by atoms with Crippen LogP contribution < -0.4 is 0 Å². The van der Waals surface area contributed by atoms with E-state index in [1.807, 2.05) is 29.2 Å². The topological polar surface area (TPSA) is 33.2 Å². The van der Waals surface area contributed by atoms with E-state index in [4.69, 9.17) is 11.6 Å². The first-order chi connectivity index (χ1) is 11.7. The molecule has 1 aromatic heterocycles. The monoisotopic (exact) mass is 340 g/mol. The second-order valence-electron chi connectivity index (χ2n) is 6.89. The maximum absolute atomic E-state index is 12.9. The van der Waals surface area contributed by atoms with E-state index in [1.54, 1.807) is 6.20 Å². The van der Waals surface area contributed by atoms with Crippen LogP contribution in [0.3, 0.4) is 0 Å². The lowest BCUT2D eigenvalue weighted by Gasteiger charge is -2.33. The van der Waals surface area contributed by atoms with Crippen LogP contribution in [0.1, 0.15) is 59.1 Å². The Balaban J connectivity index is 1.50. The van der Waals surface area contributed by atoms with Gasteiger partial charge in [0.2, 0.25) is 0 Å². The normalized spacial score (nSPS) is 20.9. The smallest absolute Gasteiger partial charge is 0.253 e. The van der Waals surface area contributed by atoms with Gasteiger partial charge in [0.05, 0.1) is 0 Å². The number of benzene rings is 1. The van der Waals surface area contributed by atoms with Gasteiger partial charge in [-0.2, -0.15) is 0 Å². The first-order valence-electron chi connectivity index (χ1n) is 8.71. The van der Waals surface area contributed by atoms with Crippen LogP contribution in [0.25, 0.3) is 0 Å². The van der Waals surface area contributed by atoms with Crippen molar-refractivity contribution in [2.24, 2.45) is 0 Å². The molecule has 2 heterocycles. The summed E-state index contributed by atoms with van der Waals surface area (Å²) in [7, 11) is 0. The Morgan fingerprint density at radius 1 is 1.08 bits per heavy atom. The van der Waals surface area contributed by atoms with E-state index >= 15 is 0 Å². The minimum absolute atomic E-state index is 0.137. The fourth-order valence-corrected chi connectivity index (χ4v) is 3.66. The number of carbonyl (C=O) groups is 1. The van der Waals surface area contributed by atoms with E-state index in [-0.39, 0.29) is 5.91 Å². The van der Waals surface area contributed by atoms with Crippen LogP contribution in [0.5, 0.6) is 0 Å². The Labute approximate surface area is 147 Å². The molecule has 1 unspecified atom stereocenters. The third-order valence-electron chi connectivity index (χ3n) is 5.07. The number of hydrogen-bond acceptors (Lipinski definition) is 2. The number of nitrogens with zero attached hydrogens (tertiary/aromatic N) is 2. The van der Waals surface area contributed by atoms with Crippen LogP contribution in [-0.4, -0.2) is 28.9 Å². The number of pyridine rings is 1. The van der Waals surface area contributed by atoms with Gasteiger partial charge < -0.3 is 4.90 Å². The molecule has 0 bridgehead atoms. The molecule has 0 spiro atoms. The van der Waals surface area contributed by atoms with Gasteiger partial charge in [-0.05, 0) is 55.5 Å². The number of rotatable bonds is 3. The number of halogens is 1. The second-order valence-corrected chi connectivity index (χ2v) is 7.32. The molecule has 124 valence electrons. The fraction of sp³-hybridized carbons (Fsp3) is 0.400. The minimum Gasteiger partial charge on any atom is -0.338 e. The Hall–Kier alpha value is -1.87. The summed E-state index contributed by atoms with van der Waals surface area (Å²) in [5.74, 6) is 1.10. The molecule has 1 saturated carbocycles. The summed E-state index contributed by atoms with van der Waals surface area (Å²) in [5, 5.41) is 0.756. The predicted octanol–water partition coefficient (Wildman–Crippen LogP) is 4.63. The zero-order valence-electron chi connectivity index (χ0n) is 13.6. The molecular weight excluding hydrogens is 320 g/mol. The van der Waals surface area contributed by atoms with Crippen LogP contribution in [0.2, 0.25) is 5.02 Å². The van der Waals surface area contributed by atoms with Crippen molar-refractivity contribution in [2.45, 2.75) is 37.5 Å². The Morgan fingerprint density at radius 3 is 2.62 bits per heavy atom. The largest absolute Gasteiger partial charge is 0.338 e. The molecule has 2 aromatic rings. The second kappa shape index (κ2) is 6.56. The van der Waals surface area contributed by atoms with Crippen molar-refractivity contribution in [2.75, 3.05) is 13.1 Å². The molecule has 1 aliphatic heterocycles. The Kier molecular flexibility index (Phi) is 4.28. The number of carbonyl (C=O) groups excluding carboxylic acids is 1. The zero-order valence-corrected chi connectivity index (χ0v) is 14.4. The summed E-state index contributed by atoms with van der Waals surface area (Å²) < 4.78 is 0. The highest BCUT2D eigenvalue weighted by atomic mass is 35.5. The first kappa shape index (κ1) is 15.6. The highest BCUT2D eigenvalue weighted by molar-refractivity contribution is 6.30. The van der Waals surface area contributed by atoms with E-state index in [9.17, 15) is 4.79 Å². The minimum atomic E-state index is 0.137. The average Bonchev–Trinajstić information content (AvgIpc) is 3.47. The van der Waals surface area contributed by atoms with Gasteiger partial charge in [0.15, 0.2) is 0 Å². The van der Waals surface area contributed by atoms with E-state index in [0.29, 0.717) is 11.8 Å². The van der Waals surface area contributed by atoms with Gasteiger partial charge in [-0.25, -0.2) is 0 Å². The van der Waals surface area contributed by atoms with Gasteiger partial charge >= 0.3 is 0 Å². The molecule has 0 N–H and O–H groups in total. The summed E-state index contributed by atoms with van der Waals surface area (Å²) in [6.45, 7) is 1.62. The summed E-state index contributed by atoms with van der Waals surface area (Å²) in [6.07, 6.45) is 6.34. The third kappa shape index (κ3) is 3.32. The summed E-state index contributed by atoms with van der Waals surface area (Å²) in [5.41, 5.74) is 3.13. The van der Waals surface area contributed by atoms with E-state index < -0.39 is 0 Å². The van der Waals surface area contributed by atoms with Crippen LogP contribution >= 0.6 is 11.6 Å². The molecule has 4 rings (SSSR count). The van der Waals surface area contributed by atoms with E-state index in [2.05, 4.69) is 17.1 Å². The summed E-state index contributed by atoms with van der Waals surface area (Å²) >= 11 is 5.98. The van der Waals surface area contributed by atoms with Gasteiger partial charge in [0.1, 0.15) is 0 Å². The van der Waals surface area contributed by atoms with Crippen molar-refractivity contribution in [3.05, 3.63) is 64.4 Å². The fourth-order valence-electron chi connectivity index (χ4n) is 3.53. The van der Waals surface area contributed by atoms with Crippen molar-refractivity contribution in [3.8, 4) is 0 Å². The lowest BCUT2D eigenvalue weighted by atomic mass is 9.90. The maximum atomic E-state index is 12.9. The first-order valence-corrected chi connectivity index (χ1v) is 9.09. The molecular formula is C20H21ClN2O. The van der Waals surface area contributed by atoms with Gasteiger partial charge in [-0.1, -0.05) is 23.7 Å². The molecule has 0 radical (unpaired) electrons. The standard InChI is InChI=1S/C20H21ClN2O/c21-18-7-5-14(6-8-18)17-2-1-11-23(13-17)20(24)16-9-10-22-19(12-16)15-3-4-15/h5-10,12,15,17H,1-4,11,13H2. The highest BCUT2D eigenvalue weighted by Crippen LogP contribution is 2.39. The number of amides is 1. The predicted molar refractivity (Wildman–Crippen MR) is 95.5 cm³/mol. The highest BCUT2D eigenvalue weighted by Gasteiger charge is 2.28. The van der Waals surface area contributed by atoms with Crippen LogP contribution in [0, 0.1) is 0 Å². The maximum Gasteiger partial charge on any atom is 0.253 e. The number of likely N-dealkylation sites (tertiary alicyclic amines) is 1. The Bertz CT molecular complexity index is 740. The molecule has 1 aliphatic carbocycles. The molecule has 1 saturated heterocycles. The summed E-state index contributed by atoms with van der Waals surface area (Å²) in [4.78, 5) is 19.3. The van der Waals surface area contributed by atoms with E-state index in [1.165, 1.54) is 18.4 Å². The zero-order chi connectivity index (χ0) is 16.5. The molecule has 2 aliphatic rings. The molecule has 2 fully saturated rings. The van der Waals surface area contributed by atoms with Gasteiger partial charge in [-0.15, -0.1) is 0 Å². The van der Waals surface area contributed by atoms with E-state index in [0.717, 1.165) is 42.2 Å². The summed E-state index contributed by atoms with van der Waals surface area (Å²) in [6, 6.07) is 11.9. The molecule has 3 nitrogen and oxygen atoms in total. The van der Waals surface area contributed by atoms with Crippen molar-refractivity contribution in [3.63, 3.8) is 0 Å². The SMILES string of the molecule is O=C(c1ccnc(C2CC2)c1)N1CCCC(c2ccc(Cl)cc2)C1. The van der Waals surface area contributed by atoms with Crippen molar-refractivity contribution >= 4 is 17.5 Å². The van der Waals surface area contributed by atoms with Crippen molar-refractivity contribution in [1.29, 1.82) is 0 Å². The molecule has 24 heavy (non-hydrogen) atoms. The van der Waals surface area contributed by atoms with Crippen molar-refractivity contribution in [1.82, 2.24) is 9.88 Å². The Morgan fingerprint density at radius 2 is 1.88 bits per heavy atom. The number of hydrogen-bond donors (Lipinski definition) is 0. The molecule has 1 amide bonds. The average molecular weight is 341 g/mol. The van der Waals surface area contributed by atoms with Gasteiger partial charge in [0.25, 0.3) is 5.91 Å². The quantitative estimate of drug-likeness (QED) is 0.816. The van der Waals surface area contributed by atoms with Crippen molar-refractivity contribution < 1.29 is 4.79 Å². The number of piperidine rings is 1. The van der Waals surface area contributed by atoms with Crippen LogP contribution in [0.4, 0.5) is 0 Å². The molecule has 1 atom stereocenters. The van der Waals surface area contributed by atoms with Crippen LogP contribution in [-0.2, 0) is 0 Å². The van der Waals surface area contributed by atoms with Crippen LogP contribution in [0.15, 0.2) is 42.6 Å². The molecule has 4 heteroatoms. The lowest BCUT2D eigenvalue weighted by molar-refractivity contribution is 0.0707. The number of aromatic nitrogens is 1. The third-order valence-corrected chi connectivity index (χ3v) is 5.33. The van der Waals surface area contributed by atoms with Gasteiger partial charge in [0, 0.05) is 47.4 Å².